The highest BCUT2D eigenvalue weighted by atomic mass is 32.2. The van der Waals surface area contributed by atoms with Gasteiger partial charge in [-0.1, -0.05) is 12.1 Å². The normalized spacial score (nSPS) is 11.3. The van der Waals surface area contributed by atoms with Gasteiger partial charge in [0.15, 0.2) is 0 Å². The fraction of sp³-hybridized carbons (Fsp3) is 0.231. The molecule has 0 fully saturated rings. The van der Waals surface area contributed by atoms with Crippen molar-refractivity contribution in [2.45, 2.75) is 25.3 Å². The summed E-state index contributed by atoms with van der Waals surface area (Å²) in [7, 11) is -3.83. The van der Waals surface area contributed by atoms with Crippen molar-refractivity contribution in [1.29, 1.82) is 0 Å². The Morgan fingerprint density at radius 1 is 1.38 bits per heavy atom. The number of rotatable bonds is 5. The Balaban J connectivity index is 2.42. The van der Waals surface area contributed by atoms with Crippen molar-refractivity contribution >= 4 is 21.6 Å². The Morgan fingerprint density at radius 3 is 2.62 bits per heavy atom. The molecule has 0 spiro atoms. The van der Waals surface area contributed by atoms with Crippen molar-refractivity contribution in [2.75, 3.05) is 4.72 Å². The number of anilines is 1. The SMILES string of the molecule is CCn1cc(S(=O)(=O)Nc2ccccc2C(N)=O)c(C)n1. The molecule has 2 aromatic rings. The highest BCUT2D eigenvalue weighted by Gasteiger charge is 2.22. The number of primary amides is 1. The monoisotopic (exact) mass is 308 g/mol. The average Bonchev–Trinajstić information content (AvgIpc) is 2.81. The second kappa shape index (κ2) is 5.57. The third kappa shape index (κ3) is 3.05. The van der Waals surface area contributed by atoms with Crippen LogP contribution in [0.1, 0.15) is 23.0 Å². The summed E-state index contributed by atoms with van der Waals surface area (Å²) in [6.45, 7) is 4.04. The Labute approximate surface area is 122 Å². The van der Waals surface area contributed by atoms with Crippen LogP contribution in [0.2, 0.25) is 0 Å². The molecule has 8 heteroatoms. The number of aryl methyl sites for hydroxylation is 2. The predicted octanol–water partition coefficient (Wildman–Crippen LogP) is 1.11. The quantitative estimate of drug-likeness (QED) is 0.862. The minimum atomic E-state index is -3.83. The summed E-state index contributed by atoms with van der Waals surface area (Å²) in [5.74, 6) is -0.700. The second-order valence-electron chi connectivity index (χ2n) is 4.45. The highest BCUT2D eigenvalue weighted by Crippen LogP contribution is 2.21. The van der Waals surface area contributed by atoms with Crippen LogP contribution in [0, 0.1) is 6.92 Å². The molecular weight excluding hydrogens is 292 g/mol. The van der Waals surface area contributed by atoms with E-state index in [1.165, 1.54) is 23.0 Å². The number of nitrogens with zero attached hydrogens (tertiary/aromatic N) is 2. The first-order chi connectivity index (χ1) is 9.85. The van der Waals surface area contributed by atoms with Gasteiger partial charge in [0, 0.05) is 12.7 Å². The highest BCUT2D eigenvalue weighted by molar-refractivity contribution is 7.92. The lowest BCUT2D eigenvalue weighted by Gasteiger charge is -2.10. The molecule has 0 unspecified atom stereocenters. The largest absolute Gasteiger partial charge is 0.366 e. The Kier molecular flexibility index (Phi) is 3.99. The first kappa shape index (κ1) is 15.0. The van der Waals surface area contributed by atoms with Crippen molar-refractivity contribution < 1.29 is 13.2 Å². The average molecular weight is 308 g/mol. The fourth-order valence-corrected chi connectivity index (χ4v) is 3.18. The number of hydrogen-bond acceptors (Lipinski definition) is 4. The third-order valence-corrected chi connectivity index (χ3v) is 4.42. The number of para-hydroxylation sites is 1. The Morgan fingerprint density at radius 2 is 2.05 bits per heavy atom. The number of nitrogens with two attached hydrogens (primary N) is 1. The molecule has 0 bridgehead atoms. The molecule has 0 aliphatic carbocycles. The number of hydrogen-bond donors (Lipinski definition) is 2. The van der Waals surface area contributed by atoms with Crippen LogP contribution in [0.15, 0.2) is 35.4 Å². The maximum atomic E-state index is 12.4. The predicted molar refractivity (Wildman–Crippen MR) is 78.4 cm³/mol. The summed E-state index contributed by atoms with van der Waals surface area (Å²) in [5.41, 5.74) is 5.89. The molecule has 112 valence electrons. The van der Waals surface area contributed by atoms with Crippen LogP contribution in [0.5, 0.6) is 0 Å². The van der Waals surface area contributed by atoms with E-state index in [-0.39, 0.29) is 16.1 Å². The van der Waals surface area contributed by atoms with Gasteiger partial charge in [0.25, 0.3) is 15.9 Å². The van der Waals surface area contributed by atoms with Gasteiger partial charge in [-0.05, 0) is 26.0 Å². The zero-order chi connectivity index (χ0) is 15.6. The maximum Gasteiger partial charge on any atom is 0.265 e. The summed E-state index contributed by atoms with van der Waals surface area (Å²) in [4.78, 5) is 11.4. The first-order valence-corrected chi connectivity index (χ1v) is 7.79. The minimum absolute atomic E-state index is 0.0728. The zero-order valence-electron chi connectivity index (χ0n) is 11.7. The van der Waals surface area contributed by atoms with Crippen molar-refractivity contribution in [3.63, 3.8) is 0 Å². The summed E-state index contributed by atoms with van der Waals surface area (Å²) in [6, 6.07) is 6.17. The molecule has 0 atom stereocenters. The molecule has 0 aliphatic heterocycles. The van der Waals surface area contributed by atoms with Crippen LogP contribution < -0.4 is 10.5 Å². The van der Waals surface area contributed by atoms with Gasteiger partial charge < -0.3 is 5.73 Å². The zero-order valence-corrected chi connectivity index (χ0v) is 12.5. The number of carbonyl (C=O) groups excluding carboxylic acids is 1. The molecule has 7 nitrogen and oxygen atoms in total. The van der Waals surface area contributed by atoms with Gasteiger partial charge in [0.1, 0.15) is 4.90 Å². The van der Waals surface area contributed by atoms with E-state index in [9.17, 15) is 13.2 Å². The Hall–Kier alpha value is -2.35. The molecule has 21 heavy (non-hydrogen) atoms. The third-order valence-electron chi connectivity index (χ3n) is 2.95. The van der Waals surface area contributed by atoms with E-state index in [2.05, 4.69) is 9.82 Å². The van der Waals surface area contributed by atoms with Crippen molar-refractivity contribution in [2.24, 2.45) is 5.73 Å². The summed E-state index contributed by atoms with van der Waals surface area (Å²) < 4.78 is 28.7. The number of carbonyl (C=O) groups is 1. The van der Waals surface area contributed by atoms with Crippen molar-refractivity contribution in [1.82, 2.24) is 9.78 Å². The second-order valence-corrected chi connectivity index (χ2v) is 6.10. The Bertz CT molecular complexity index is 780. The van der Waals surface area contributed by atoms with Gasteiger partial charge in [-0.25, -0.2) is 8.42 Å². The number of aromatic nitrogens is 2. The van der Waals surface area contributed by atoms with E-state index in [0.29, 0.717) is 12.2 Å². The number of sulfonamides is 1. The van der Waals surface area contributed by atoms with Crippen LogP contribution in [-0.4, -0.2) is 24.1 Å². The number of nitrogens with one attached hydrogen (secondary N) is 1. The van der Waals surface area contributed by atoms with Crippen LogP contribution >= 0.6 is 0 Å². The molecule has 0 aliphatic rings. The molecule has 2 rings (SSSR count). The maximum absolute atomic E-state index is 12.4. The van der Waals surface area contributed by atoms with Gasteiger partial charge >= 0.3 is 0 Å². The fourth-order valence-electron chi connectivity index (χ4n) is 1.91. The molecule has 3 N–H and O–H groups in total. The minimum Gasteiger partial charge on any atom is -0.366 e. The molecule has 1 amide bonds. The van der Waals surface area contributed by atoms with Crippen LogP contribution in [-0.2, 0) is 16.6 Å². The summed E-state index contributed by atoms with van der Waals surface area (Å²) in [5, 5.41) is 4.10. The number of benzene rings is 1. The smallest absolute Gasteiger partial charge is 0.265 e. The van der Waals surface area contributed by atoms with Crippen LogP contribution in [0.25, 0.3) is 0 Å². The van der Waals surface area contributed by atoms with Crippen molar-refractivity contribution in [3.05, 3.63) is 41.7 Å². The van der Waals surface area contributed by atoms with E-state index in [1.54, 1.807) is 19.1 Å². The van der Waals surface area contributed by atoms with E-state index < -0.39 is 15.9 Å². The van der Waals surface area contributed by atoms with Crippen molar-refractivity contribution in [3.8, 4) is 0 Å². The molecule has 0 saturated heterocycles. The van der Waals surface area contributed by atoms with Gasteiger partial charge in [-0.2, -0.15) is 5.10 Å². The lowest BCUT2D eigenvalue weighted by Crippen LogP contribution is -2.18. The van der Waals surface area contributed by atoms with E-state index >= 15 is 0 Å². The summed E-state index contributed by atoms with van der Waals surface area (Å²) >= 11 is 0. The van der Waals surface area contributed by atoms with E-state index in [1.807, 2.05) is 6.92 Å². The molecule has 1 heterocycles. The van der Waals surface area contributed by atoms with Crippen LogP contribution in [0.3, 0.4) is 0 Å². The standard InChI is InChI=1S/C13H16N4O3S/c1-3-17-8-12(9(2)15-17)21(19,20)16-11-7-5-4-6-10(11)13(14)18/h4-8,16H,3H2,1-2H3,(H2,14,18). The first-order valence-electron chi connectivity index (χ1n) is 6.31. The molecular formula is C13H16N4O3S. The topological polar surface area (TPSA) is 107 Å². The lowest BCUT2D eigenvalue weighted by atomic mass is 10.2. The molecule has 0 radical (unpaired) electrons. The van der Waals surface area contributed by atoms with Crippen LogP contribution in [0.4, 0.5) is 5.69 Å². The van der Waals surface area contributed by atoms with E-state index in [4.69, 9.17) is 5.73 Å². The van der Waals surface area contributed by atoms with Gasteiger partial charge in [-0.15, -0.1) is 0 Å². The van der Waals surface area contributed by atoms with E-state index in [0.717, 1.165) is 0 Å². The van der Waals surface area contributed by atoms with Gasteiger partial charge in [-0.3, -0.25) is 14.2 Å². The lowest BCUT2D eigenvalue weighted by molar-refractivity contribution is 0.100. The molecule has 0 saturated carbocycles. The summed E-state index contributed by atoms with van der Waals surface area (Å²) in [6.07, 6.45) is 1.45. The molecule has 1 aromatic heterocycles. The van der Waals surface area contributed by atoms with Gasteiger partial charge in [0.2, 0.25) is 0 Å². The molecule has 1 aromatic carbocycles. The number of amides is 1. The van der Waals surface area contributed by atoms with Gasteiger partial charge in [0.05, 0.1) is 16.9 Å².